The van der Waals surface area contributed by atoms with Crippen LogP contribution in [0.15, 0.2) is 28.9 Å². The second kappa shape index (κ2) is 5.24. The number of nitriles is 1. The summed E-state index contributed by atoms with van der Waals surface area (Å²) < 4.78 is 2.38. The number of nitrogens with one attached hydrogen (secondary N) is 1. The average Bonchev–Trinajstić information content (AvgIpc) is 2.70. The molecule has 1 aromatic carbocycles. The minimum atomic E-state index is -0.259. The molecule has 1 heterocycles. The number of rotatable bonds is 2. The molecule has 0 aliphatic heterocycles. The van der Waals surface area contributed by atoms with Gasteiger partial charge in [-0.1, -0.05) is 15.9 Å². The summed E-state index contributed by atoms with van der Waals surface area (Å²) in [5.74, 6) is 0.139. The van der Waals surface area contributed by atoms with E-state index in [0.717, 1.165) is 10.0 Å². The van der Waals surface area contributed by atoms with E-state index in [1.54, 1.807) is 19.2 Å². The maximum absolute atomic E-state index is 12.2. The van der Waals surface area contributed by atoms with E-state index in [4.69, 9.17) is 5.26 Å². The molecule has 6 heteroatoms. The van der Waals surface area contributed by atoms with Crippen LogP contribution in [0.25, 0.3) is 0 Å². The van der Waals surface area contributed by atoms with Crippen molar-refractivity contribution in [3.63, 3.8) is 0 Å². The van der Waals surface area contributed by atoms with Gasteiger partial charge in [0.15, 0.2) is 0 Å². The number of halogens is 1. The molecule has 0 saturated carbocycles. The maximum atomic E-state index is 12.2. The molecule has 1 N–H and O–H groups in total. The van der Waals surface area contributed by atoms with Crippen LogP contribution in [0.4, 0.5) is 5.82 Å². The van der Waals surface area contributed by atoms with Gasteiger partial charge in [-0.3, -0.25) is 9.48 Å². The number of aryl methyl sites for hydroxylation is 2. The van der Waals surface area contributed by atoms with Gasteiger partial charge in [0, 0.05) is 17.1 Å². The Hall–Kier alpha value is -2.13. The molecule has 0 spiro atoms. The molecule has 1 aromatic heterocycles. The molecule has 2 aromatic rings. The van der Waals surface area contributed by atoms with Crippen LogP contribution < -0.4 is 5.32 Å². The Labute approximate surface area is 119 Å². The summed E-state index contributed by atoms with van der Waals surface area (Å²) in [6, 6.07) is 7.39. The van der Waals surface area contributed by atoms with Crippen molar-refractivity contribution in [3.8, 4) is 6.07 Å². The quantitative estimate of drug-likeness (QED) is 0.925. The molecular formula is C13H11BrN4O. The van der Waals surface area contributed by atoms with E-state index in [0.29, 0.717) is 16.9 Å². The SMILES string of the molecule is Cc1cc(Br)ccc1C(=O)Nc1c(C#N)cnn1C. The molecule has 2 rings (SSSR count). The lowest BCUT2D eigenvalue weighted by Crippen LogP contribution is -2.16. The number of nitrogens with zero attached hydrogens (tertiary/aromatic N) is 3. The number of carbonyl (C=O) groups is 1. The van der Waals surface area contributed by atoms with E-state index in [2.05, 4.69) is 26.3 Å². The summed E-state index contributed by atoms with van der Waals surface area (Å²) in [4.78, 5) is 12.2. The summed E-state index contributed by atoms with van der Waals surface area (Å²) in [6.45, 7) is 1.86. The van der Waals surface area contributed by atoms with E-state index in [1.807, 2.05) is 19.1 Å². The zero-order valence-corrected chi connectivity index (χ0v) is 12.0. The van der Waals surface area contributed by atoms with Crippen molar-refractivity contribution in [3.05, 3.63) is 45.6 Å². The number of carbonyl (C=O) groups excluding carboxylic acids is 1. The molecule has 0 aliphatic carbocycles. The minimum Gasteiger partial charge on any atom is -0.306 e. The monoisotopic (exact) mass is 318 g/mol. The van der Waals surface area contributed by atoms with Gasteiger partial charge in [-0.15, -0.1) is 0 Å². The normalized spacial score (nSPS) is 10.0. The van der Waals surface area contributed by atoms with Crippen molar-refractivity contribution in [2.45, 2.75) is 6.92 Å². The molecule has 1 amide bonds. The van der Waals surface area contributed by atoms with E-state index in [-0.39, 0.29) is 5.91 Å². The number of aromatic nitrogens is 2. The van der Waals surface area contributed by atoms with Gasteiger partial charge in [0.1, 0.15) is 17.5 Å². The number of hydrogen-bond donors (Lipinski definition) is 1. The second-order valence-electron chi connectivity index (χ2n) is 4.06. The van der Waals surface area contributed by atoms with Crippen LogP contribution in [0.1, 0.15) is 21.5 Å². The van der Waals surface area contributed by atoms with Gasteiger partial charge < -0.3 is 5.32 Å². The Kier molecular flexibility index (Phi) is 3.67. The van der Waals surface area contributed by atoms with Gasteiger partial charge >= 0.3 is 0 Å². The molecule has 0 fully saturated rings. The van der Waals surface area contributed by atoms with Crippen molar-refractivity contribution in [2.75, 3.05) is 5.32 Å². The Morgan fingerprint density at radius 3 is 2.89 bits per heavy atom. The van der Waals surface area contributed by atoms with Gasteiger partial charge in [0.05, 0.1) is 6.20 Å². The highest BCUT2D eigenvalue weighted by atomic mass is 79.9. The van der Waals surface area contributed by atoms with E-state index in [9.17, 15) is 4.79 Å². The van der Waals surface area contributed by atoms with Gasteiger partial charge in [-0.05, 0) is 30.7 Å². The van der Waals surface area contributed by atoms with Gasteiger partial charge in [-0.25, -0.2) is 0 Å². The van der Waals surface area contributed by atoms with Crippen molar-refractivity contribution < 1.29 is 4.79 Å². The summed E-state index contributed by atoms with van der Waals surface area (Å²) in [6.07, 6.45) is 1.42. The third kappa shape index (κ3) is 2.66. The van der Waals surface area contributed by atoms with Crippen LogP contribution in [-0.2, 0) is 7.05 Å². The summed E-state index contributed by atoms with van der Waals surface area (Å²) in [5.41, 5.74) is 1.76. The molecule has 0 saturated heterocycles. The molecule has 0 bridgehead atoms. The molecule has 5 nitrogen and oxygen atoms in total. The molecule has 19 heavy (non-hydrogen) atoms. The van der Waals surface area contributed by atoms with E-state index < -0.39 is 0 Å². The van der Waals surface area contributed by atoms with Gasteiger partial charge in [0.2, 0.25) is 0 Å². The van der Waals surface area contributed by atoms with Crippen LogP contribution in [0.5, 0.6) is 0 Å². The lowest BCUT2D eigenvalue weighted by molar-refractivity contribution is 0.102. The van der Waals surface area contributed by atoms with Crippen molar-refractivity contribution >= 4 is 27.7 Å². The van der Waals surface area contributed by atoms with Crippen LogP contribution in [0.3, 0.4) is 0 Å². The summed E-state index contributed by atoms with van der Waals surface area (Å²) >= 11 is 3.35. The lowest BCUT2D eigenvalue weighted by Gasteiger charge is -2.08. The van der Waals surface area contributed by atoms with Crippen LogP contribution in [0.2, 0.25) is 0 Å². The molecule has 0 unspecified atom stereocenters. The molecule has 0 aliphatic rings. The number of hydrogen-bond acceptors (Lipinski definition) is 3. The molecule has 0 atom stereocenters. The molecule has 96 valence electrons. The highest BCUT2D eigenvalue weighted by Crippen LogP contribution is 2.18. The summed E-state index contributed by atoms with van der Waals surface area (Å²) in [5, 5.41) is 15.6. The van der Waals surface area contributed by atoms with Crippen molar-refractivity contribution in [1.29, 1.82) is 5.26 Å². The zero-order chi connectivity index (χ0) is 14.0. The fraction of sp³-hybridized carbons (Fsp3) is 0.154. The fourth-order valence-corrected chi connectivity index (χ4v) is 2.20. The largest absolute Gasteiger partial charge is 0.306 e. The highest BCUT2D eigenvalue weighted by molar-refractivity contribution is 9.10. The number of anilines is 1. The molecular weight excluding hydrogens is 308 g/mol. The van der Waals surface area contributed by atoms with E-state index >= 15 is 0 Å². The fourth-order valence-electron chi connectivity index (χ4n) is 1.72. The Bertz CT molecular complexity index is 684. The first-order valence-electron chi connectivity index (χ1n) is 5.52. The number of benzene rings is 1. The van der Waals surface area contributed by atoms with Gasteiger partial charge in [0.25, 0.3) is 5.91 Å². The Morgan fingerprint density at radius 2 is 2.26 bits per heavy atom. The topological polar surface area (TPSA) is 70.7 Å². The maximum Gasteiger partial charge on any atom is 0.257 e. The van der Waals surface area contributed by atoms with Crippen molar-refractivity contribution in [1.82, 2.24) is 9.78 Å². The van der Waals surface area contributed by atoms with Crippen molar-refractivity contribution in [2.24, 2.45) is 7.05 Å². The van der Waals surface area contributed by atoms with Crippen LogP contribution in [-0.4, -0.2) is 15.7 Å². The third-order valence-electron chi connectivity index (χ3n) is 2.72. The first-order chi connectivity index (χ1) is 9.02. The first-order valence-corrected chi connectivity index (χ1v) is 6.32. The first kappa shape index (κ1) is 13.3. The third-order valence-corrected chi connectivity index (χ3v) is 3.22. The Balaban J connectivity index is 2.31. The lowest BCUT2D eigenvalue weighted by atomic mass is 10.1. The average molecular weight is 319 g/mol. The minimum absolute atomic E-state index is 0.259. The van der Waals surface area contributed by atoms with Crippen LogP contribution in [0, 0.1) is 18.3 Å². The zero-order valence-electron chi connectivity index (χ0n) is 10.4. The summed E-state index contributed by atoms with van der Waals surface area (Å²) in [7, 11) is 1.67. The van der Waals surface area contributed by atoms with Gasteiger partial charge in [-0.2, -0.15) is 10.4 Å². The standard InChI is InChI=1S/C13H11BrN4O/c1-8-5-10(14)3-4-11(8)13(19)17-12-9(6-15)7-16-18(12)2/h3-5,7H,1-2H3,(H,17,19). The number of amides is 1. The van der Waals surface area contributed by atoms with Crippen LogP contribution >= 0.6 is 15.9 Å². The highest BCUT2D eigenvalue weighted by Gasteiger charge is 2.14. The smallest absolute Gasteiger partial charge is 0.257 e. The van der Waals surface area contributed by atoms with E-state index in [1.165, 1.54) is 10.9 Å². The predicted molar refractivity (Wildman–Crippen MR) is 74.8 cm³/mol. The predicted octanol–water partition coefficient (Wildman–Crippen LogP) is 2.62. The second-order valence-corrected chi connectivity index (χ2v) is 4.97. The molecule has 0 radical (unpaired) electrons. The Morgan fingerprint density at radius 1 is 1.53 bits per heavy atom.